The monoisotopic (exact) mass is 310 g/mol. The fraction of sp³-hybridized carbons (Fsp3) is 0.133. The number of benzene rings is 1. The van der Waals surface area contributed by atoms with Gasteiger partial charge in [0.25, 0.3) is 0 Å². The smallest absolute Gasteiger partial charge is 0.222 e. The lowest BCUT2D eigenvalue weighted by atomic mass is 10.2. The fourth-order valence-electron chi connectivity index (χ4n) is 1.66. The minimum absolute atomic E-state index is 0.890. The predicted octanol–water partition coefficient (Wildman–Crippen LogP) is -0.408. The molecule has 1 aromatic heterocycles. The zero-order chi connectivity index (χ0) is 15.9. The van der Waals surface area contributed by atoms with Gasteiger partial charge in [0.05, 0.1) is 6.92 Å². The molecular formula is C15H15ClO5. The van der Waals surface area contributed by atoms with Gasteiger partial charge in [-0.05, 0) is 24.1 Å². The summed E-state index contributed by atoms with van der Waals surface area (Å²) in [7, 11) is -4.94. The molecule has 2 aromatic rings. The molecule has 0 fully saturated rings. The lowest BCUT2D eigenvalue weighted by molar-refractivity contribution is -2.00. The van der Waals surface area contributed by atoms with E-state index in [1.165, 1.54) is 11.1 Å². The van der Waals surface area contributed by atoms with Crippen LogP contribution in [0.2, 0.25) is 0 Å². The zero-order valence-corrected chi connectivity index (χ0v) is 12.4. The highest BCUT2D eigenvalue weighted by atomic mass is 35.7. The van der Waals surface area contributed by atoms with Gasteiger partial charge >= 0.3 is 11.5 Å². The number of halogens is 1. The number of hydrogen-bond acceptors (Lipinski definition) is 4. The van der Waals surface area contributed by atoms with E-state index in [0.29, 0.717) is 0 Å². The van der Waals surface area contributed by atoms with E-state index in [2.05, 4.69) is 25.1 Å². The van der Waals surface area contributed by atoms with Crippen molar-refractivity contribution in [2.45, 2.75) is 13.8 Å². The molecule has 0 bridgehead atoms. The van der Waals surface area contributed by atoms with E-state index in [9.17, 15) is 0 Å². The number of hydrogen-bond donors (Lipinski definition) is 0. The van der Waals surface area contributed by atoms with Crippen molar-refractivity contribution in [2.24, 2.45) is 0 Å². The summed E-state index contributed by atoms with van der Waals surface area (Å²) < 4.78 is 39.6. The molecular weight excluding hydrogens is 296 g/mol. The van der Waals surface area contributed by atoms with Crippen LogP contribution in [0.4, 0.5) is 0 Å². The van der Waals surface area contributed by atoms with Gasteiger partial charge in [-0.1, -0.05) is 30.3 Å². The SMILES string of the molecule is Cc1cc(C)[o+]c(/C=C\c2ccccc2)c1.[O-][Cl+3]([O-])([O-])[O-]. The van der Waals surface area contributed by atoms with Crippen molar-refractivity contribution < 1.29 is 33.3 Å². The van der Waals surface area contributed by atoms with Crippen molar-refractivity contribution in [1.29, 1.82) is 0 Å². The van der Waals surface area contributed by atoms with Crippen LogP contribution in [0, 0.1) is 24.1 Å². The van der Waals surface area contributed by atoms with Crippen LogP contribution in [0.5, 0.6) is 0 Å². The quantitative estimate of drug-likeness (QED) is 0.702. The number of aryl methyl sites for hydroxylation is 2. The Kier molecular flexibility index (Phi) is 6.48. The van der Waals surface area contributed by atoms with E-state index < -0.39 is 10.2 Å². The Morgan fingerprint density at radius 1 is 0.905 bits per heavy atom. The first-order chi connectivity index (χ1) is 9.74. The Bertz CT molecular complexity index is 565. The summed E-state index contributed by atoms with van der Waals surface area (Å²) in [6.07, 6.45) is 4.05. The maximum Gasteiger partial charge on any atom is 0.353 e. The van der Waals surface area contributed by atoms with Gasteiger partial charge in [0.15, 0.2) is 0 Å². The van der Waals surface area contributed by atoms with Crippen LogP contribution < -0.4 is 18.6 Å². The molecule has 0 N–H and O–H groups in total. The first-order valence-corrected chi connectivity index (χ1v) is 7.24. The average molecular weight is 311 g/mol. The van der Waals surface area contributed by atoms with Gasteiger partial charge in [0, 0.05) is 18.2 Å². The van der Waals surface area contributed by atoms with E-state index in [4.69, 9.17) is 23.1 Å². The second-order valence-electron chi connectivity index (χ2n) is 4.27. The summed E-state index contributed by atoms with van der Waals surface area (Å²) in [4.78, 5) is 0. The third-order valence-corrected chi connectivity index (χ3v) is 2.32. The first kappa shape index (κ1) is 17.3. The average Bonchev–Trinajstić information content (AvgIpc) is 2.34. The maximum atomic E-state index is 8.49. The molecule has 1 aromatic carbocycles. The van der Waals surface area contributed by atoms with Crippen LogP contribution in [0.1, 0.15) is 22.6 Å². The second-order valence-corrected chi connectivity index (χ2v) is 5.03. The summed E-state index contributed by atoms with van der Waals surface area (Å²) in [5, 5.41) is 0. The Morgan fingerprint density at radius 2 is 1.48 bits per heavy atom. The van der Waals surface area contributed by atoms with E-state index in [-0.39, 0.29) is 0 Å². The highest BCUT2D eigenvalue weighted by molar-refractivity contribution is 5.67. The summed E-state index contributed by atoms with van der Waals surface area (Å²) in [6.45, 7) is 4.04. The molecule has 0 aliphatic heterocycles. The molecule has 0 saturated carbocycles. The van der Waals surface area contributed by atoms with Gasteiger partial charge in [-0.3, -0.25) is 0 Å². The van der Waals surface area contributed by atoms with Gasteiger partial charge in [0.2, 0.25) is 0 Å². The summed E-state index contributed by atoms with van der Waals surface area (Å²) in [6, 6.07) is 14.3. The Morgan fingerprint density at radius 3 is 2.00 bits per heavy atom. The topological polar surface area (TPSA) is 104 Å². The standard InChI is InChI=1S/C15H15O.ClHO4/c1-12-10-13(2)16-15(11-12)9-8-14-6-4-3-5-7-14;2-1(3,4)5/h3-11H,1-2H3;(H,2,3,4,5)/q+1;/p-1/b9-8-;. The third-order valence-electron chi connectivity index (χ3n) is 2.32. The van der Waals surface area contributed by atoms with Crippen molar-refractivity contribution >= 4 is 12.2 Å². The Balaban J connectivity index is 0.000000383. The Hall–Kier alpha value is -1.76. The van der Waals surface area contributed by atoms with Crippen LogP contribution in [-0.4, -0.2) is 0 Å². The van der Waals surface area contributed by atoms with Gasteiger partial charge in [-0.25, -0.2) is 23.1 Å². The molecule has 0 unspecified atom stereocenters. The fourth-order valence-corrected chi connectivity index (χ4v) is 1.66. The molecule has 5 nitrogen and oxygen atoms in total. The van der Waals surface area contributed by atoms with Gasteiger partial charge in [-0.15, -0.1) is 10.2 Å². The van der Waals surface area contributed by atoms with E-state index in [1.54, 1.807) is 0 Å². The van der Waals surface area contributed by atoms with Crippen LogP contribution in [-0.2, 0) is 0 Å². The molecule has 6 heteroatoms. The molecule has 1 heterocycles. The highest BCUT2D eigenvalue weighted by Gasteiger charge is 2.06. The molecule has 2 rings (SSSR count). The van der Waals surface area contributed by atoms with Crippen molar-refractivity contribution in [3.63, 3.8) is 0 Å². The first-order valence-electron chi connectivity index (χ1n) is 6.00. The van der Waals surface area contributed by atoms with Crippen LogP contribution >= 0.6 is 0 Å². The molecule has 0 saturated heterocycles. The van der Waals surface area contributed by atoms with Crippen molar-refractivity contribution in [3.05, 3.63) is 65.1 Å². The normalized spacial score (nSPS) is 11.1. The molecule has 0 aliphatic rings. The van der Waals surface area contributed by atoms with Gasteiger partial charge in [-0.2, -0.15) is 0 Å². The van der Waals surface area contributed by atoms with Gasteiger partial charge in [0.1, 0.15) is 0 Å². The van der Waals surface area contributed by atoms with Crippen molar-refractivity contribution in [1.82, 2.24) is 0 Å². The molecule has 112 valence electrons. The molecule has 0 radical (unpaired) electrons. The molecule has 0 amide bonds. The molecule has 0 spiro atoms. The van der Waals surface area contributed by atoms with E-state index >= 15 is 0 Å². The highest BCUT2D eigenvalue weighted by Crippen LogP contribution is 2.12. The largest absolute Gasteiger partial charge is 0.353 e. The Labute approximate surface area is 125 Å². The van der Waals surface area contributed by atoms with Gasteiger partial charge < -0.3 is 0 Å². The van der Waals surface area contributed by atoms with Crippen molar-refractivity contribution in [3.8, 4) is 0 Å². The lowest BCUT2D eigenvalue weighted by Gasteiger charge is -2.17. The summed E-state index contributed by atoms with van der Waals surface area (Å²) >= 11 is 0. The lowest BCUT2D eigenvalue weighted by Crippen LogP contribution is -2.68. The minimum Gasteiger partial charge on any atom is -0.222 e. The minimum atomic E-state index is -4.94. The summed E-state index contributed by atoms with van der Waals surface area (Å²) in [5.41, 5.74) is 2.40. The zero-order valence-electron chi connectivity index (χ0n) is 11.6. The van der Waals surface area contributed by atoms with Crippen LogP contribution in [0.25, 0.3) is 12.2 Å². The number of rotatable bonds is 2. The molecule has 0 aliphatic carbocycles. The summed E-state index contributed by atoms with van der Waals surface area (Å²) in [5.74, 6) is 1.83. The van der Waals surface area contributed by atoms with Crippen LogP contribution in [0.15, 0.2) is 46.9 Å². The second kappa shape index (κ2) is 7.87. The van der Waals surface area contributed by atoms with E-state index in [1.807, 2.05) is 43.3 Å². The van der Waals surface area contributed by atoms with Crippen LogP contribution in [0.3, 0.4) is 0 Å². The third kappa shape index (κ3) is 8.91. The predicted molar refractivity (Wildman–Crippen MR) is 68.0 cm³/mol. The van der Waals surface area contributed by atoms with E-state index in [0.717, 1.165) is 11.5 Å². The van der Waals surface area contributed by atoms with Crippen molar-refractivity contribution in [2.75, 3.05) is 0 Å². The maximum absolute atomic E-state index is 8.49. The molecule has 21 heavy (non-hydrogen) atoms. The molecule has 0 atom stereocenters.